The summed E-state index contributed by atoms with van der Waals surface area (Å²) >= 11 is 0. The zero-order chi connectivity index (χ0) is 16.9. The van der Waals surface area contributed by atoms with Gasteiger partial charge in [-0.2, -0.15) is 0 Å². The molecule has 3 rings (SSSR count). The second kappa shape index (κ2) is 4.70. The quantitative estimate of drug-likeness (QED) is 0.555. The van der Waals surface area contributed by atoms with Gasteiger partial charge in [0.1, 0.15) is 11.6 Å². The highest BCUT2D eigenvalue weighted by atomic mass is 16.4. The van der Waals surface area contributed by atoms with E-state index in [1.54, 1.807) is 0 Å². The van der Waals surface area contributed by atoms with Crippen LogP contribution < -0.4 is 16.6 Å². The Bertz CT molecular complexity index is 960. The van der Waals surface area contributed by atoms with Crippen molar-refractivity contribution in [3.63, 3.8) is 0 Å². The van der Waals surface area contributed by atoms with E-state index in [-0.39, 0.29) is 28.2 Å². The first-order valence-corrected chi connectivity index (χ1v) is 6.28. The van der Waals surface area contributed by atoms with Crippen molar-refractivity contribution in [3.05, 3.63) is 51.3 Å². The molecule has 0 saturated carbocycles. The highest BCUT2D eigenvalue weighted by molar-refractivity contribution is 6.23. The number of carbonyl (C=O) groups excluding carboxylic acids is 2. The number of rotatable bonds is 2. The molecule has 1 aliphatic heterocycles. The predicted molar refractivity (Wildman–Crippen MR) is 76.9 cm³/mol. The number of amides is 2. The van der Waals surface area contributed by atoms with Crippen LogP contribution in [0.25, 0.3) is 5.69 Å². The summed E-state index contributed by atoms with van der Waals surface area (Å²) in [6.07, 6.45) is 0. The Kier molecular flexibility index (Phi) is 2.93. The molecular weight excluding hydrogens is 306 g/mol. The van der Waals surface area contributed by atoms with Crippen molar-refractivity contribution in [2.45, 2.75) is 0 Å². The molecule has 0 unspecified atom stereocenters. The highest BCUT2D eigenvalue weighted by Gasteiger charge is 2.32. The lowest BCUT2D eigenvalue weighted by molar-refractivity contribution is 0.0695. The Morgan fingerprint density at radius 2 is 1.78 bits per heavy atom. The number of phenolic OH excluding ortho intramolecular Hbond substituents is 1. The largest absolute Gasteiger partial charge is 0.508 e. The van der Waals surface area contributed by atoms with Gasteiger partial charge in [-0.3, -0.25) is 24.3 Å². The van der Waals surface area contributed by atoms with Crippen LogP contribution in [0.3, 0.4) is 0 Å². The highest BCUT2D eigenvalue weighted by Crippen LogP contribution is 2.25. The standard InChI is InChI=1S/C14H9N3O6/c15-11-10-8(12(20)16-13(10)21)4-9(19)17(11)6-1-5(14(22)23)2-7(18)3-6/h1-4,18H,15H2,(H,22,23)(H,16,20,21). The van der Waals surface area contributed by atoms with Crippen molar-refractivity contribution in [3.8, 4) is 11.4 Å². The molecule has 2 amide bonds. The van der Waals surface area contributed by atoms with Crippen LogP contribution in [0.1, 0.15) is 31.1 Å². The number of carboxylic acid groups (broad SMARTS) is 1. The molecule has 5 N–H and O–H groups in total. The van der Waals surface area contributed by atoms with E-state index in [0.29, 0.717) is 0 Å². The Labute approximate surface area is 127 Å². The molecule has 1 aromatic heterocycles. The van der Waals surface area contributed by atoms with Crippen molar-refractivity contribution in [2.24, 2.45) is 0 Å². The normalized spacial score (nSPS) is 12.9. The third kappa shape index (κ3) is 2.11. The number of nitrogen functional groups attached to an aromatic ring is 1. The van der Waals surface area contributed by atoms with E-state index >= 15 is 0 Å². The van der Waals surface area contributed by atoms with Gasteiger partial charge in [0.15, 0.2) is 0 Å². The summed E-state index contributed by atoms with van der Waals surface area (Å²) in [7, 11) is 0. The van der Waals surface area contributed by atoms with Gasteiger partial charge in [-0.15, -0.1) is 0 Å². The number of aromatic hydroxyl groups is 1. The number of hydrogen-bond donors (Lipinski definition) is 4. The van der Waals surface area contributed by atoms with Crippen molar-refractivity contribution >= 4 is 23.6 Å². The lowest BCUT2D eigenvalue weighted by Crippen LogP contribution is -2.24. The molecule has 0 aliphatic carbocycles. The van der Waals surface area contributed by atoms with Crippen LogP contribution in [0.15, 0.2) is 29.1 Å². The summed E-state index contributed by atoms with van der Waals surface area (Å²) in [6.45, 7) is 0. The van der Waals surface area contributed by atoms with Crippen molar-refractivity contribution in [1.82, 2.24) is 9.88 Å². The summed E-state index contributed by atoms with van der Waals surface area (Å²) in [5.74, 6) is -3.52. The molecule has 9 nitrogen and oxygen atoms in total. The van der Waals surface area contributed by atoms with Gasteiger partial charge in [-0.05, 0) is 12.1 Å². The van der Waals surface area contributed by atoms with Crippen LogP contribution in [0, 0.1) is 0 Å². The number of aromatic carboxylic acids is 1. The van der Waals surface area contributed by atoms with Crippen molar-refractivity contribution < 1.29 is 24.6 Å². The van der Waals surface area contributed by atoms with Gasteiger partial charge in [0, 0.05) is 12.1 Å². The zero-order valence-corrected chi connectivity index (χ0v) is 11.4. The smallest absolute Gasteiger partial charge is 0.335 e. The van der Waals surface area contributed by atoms with Gasteiger partial charge in [-0.1, -0.05) is 0 Å². The molecule has 0 spiro atoms. The average molecular weight is 315 g/mol. The summed E-state index contributed by atoms with van der Waals surface area (Å²) in [5.41, 5.74) is 4.44. The maximum Gasteiger partial charge on any atom is 0.335 e. The van der Waals surface area contributed by atoms with Crippen molar-refractivity contribution in [1.29, 1.82) is 0 Å². The van der Waals surface area contributed by atoms with E-state index in [2.05, 4.69) is 0 Å². The summed E-state index contributed by atoms with van der Waals surface area (Å²) in [5, 5.41) is 20.6. The molecule has 116 valence electrons. The topological polar surface area (TPSA) is 152 Å². The van der Waals surface area contributed by atoms with Gasteiger partial charge in [0.25, 0.3) is 17.4 Å². The minimum absolute atomic E-state index is 0.0418. The van der Waals surface area contributed by atoms with E-state index in [4.69, 9.17) is 10.8 Å². The van der Waals surface area contributed by atoms with Gasteiger partial charge in [0.05, 0.1) is 22.4 Å². The number of phenols is 1. The second-order valence-corrected chi connectivity index (χ2v) is 4.82. The molecule has 0 saturated heterocycles. The molecule has 0 fully saturated rings. The average Bonchev–Trinajstić information content (AvgIpc) is 2.73. The van der Waals surface area contributed by atoms with Gasteiger partial charge in [-0.25, -0.2) is 4.79 Å². The molecule has 1 aliphatic rings. The van der Waals surface area contributed by atoms with E-state index in [1.165, 1.54) is 0 Å². The van der Waals surface area contributed by atoms with E-state index in [9.17, 15) is 24.3 Å². The zero-order valence-electron chi connectivity index (χ0n) is 11.4. The maximum atomic E-state index is 12.2. The Morgan fingerprint density at radius 1 is 1.09 bits per heavy atom. The third-order valence-corrected chi connectivity index (χ3v) is 3.36. The van der Waals surface area contributed by atoms with Crippen molar-refractivity contribution in [2.75, 3.05) is 5.73 Å². The monoisotopic (exact) mass is 315 g/mol. The SMILES string of the molecule is Nc1c2c(cc(=O)n1-c1cc(O)cc(C(=O)O)c1)C(=O)NC2=O. The maximum absolute atomic E-state index is 12.2. The number of imide groups is 1. The first-order valence-electron chi connectivity index (χ1n) is 6.28. The number of nitrogens with one attached hydrogen (secondary N) is 1. The van der Waals surface area contributed by atoms with Gasteiger partial charge in [0.2, 0.25) is 0 Å². The molecular formula is C14H9N3O6. The number of pyridine rings is 1. The first kappa shape index (κ1) is 14.3. The van der Waals surface area contributed by atoms with E-state index < -0.39 is 29.1 Å². The first-order chi connectivity index (χ1) is 10.8. The number of nitrogens with zero attached hydrogens (tertiary/aromatic N) is 1. The number of nitrogens with two attached hydrogens (primary N) is 1. The molecule has 1 aromatic carbocycles. The molecule has 23 heavy (non-hydrogen) atoms. The Balaban J connectivity index is 2.33. The lowest BCUT2D eigenvalue weighted by atomic mass is 10.1. The Morgan fingerprint density at radius 3 is 2.43 bits per heavy atom. The number of aromatic nitrogens is 1. The fourth-order valence-corrected chi connectivity index (χ4v) is 2.39. The van der Waals surface area contributed by atoms with Gasteiger partial charge < -0.3 is 15.9 Å². The van der Waals surface area contributed by atoms with Gasteiger partial charge >= 0.3 is 5.97 Å². The van der Waals surface area contributed by atoms with Crippen LogP contribution in [0.4, 0.5) is 5.82 Å². The van der Waals surface area contributed by atoms with Crippen LogP contribution in [0.5, 0.6) is 5.75 Å². The van der Waals surface area contributed by atoms with Crippen LogP contribution >= 0.6 is 0 Å². The Hall–Kier alpha value is -3.62. The van der Waals surface area contributed by atoms with E-state index in [1.807, 2.05) is 5.32 Å². The number of hydrogen-bond acceptors (Lipinski definition) is 6. The van der Waals surface area contributed by atoms with Crippen LogP contribution in [-0.2, 0) is 0 Å². The number of benzene rings is 1. The van der Waals surface area contributed by atoms with Crippen LogP contribution in [0.2, 0.25) is 0 Å². The third-order valence-electron chi connectivity index (χ3n) is 3.36. The number of fused-ring (bicyclic) bond motifs is 1. The number of carboxylic acids is 1. The fraction of sp³-hybridized carbons (Fsp3) is 0. The molecule has 2 aromatic rings. The lowest BCUT2D eigenvalue weighted by Gasteiger charge is -2.12. The molecule has 9 heteroatoms. The minimum atomic E-state index is -1.32. The number of carbonyl (C=O) groups is 3. The molecule has 2 heterocycles. The minimum Gasteiger partial charge on any atom is -0.508 e. The second-order valence-electron chi connectivity index (χ2n) is 4.82. The summed E-state index contributed by atoms with van der Waals surface area (Å²) < 4.78 is 0.850. The van der Waals surface area contributed by atoms with E-state index in [0.717, 1.165) is 28.8 Å². The number of anilines is 1. The molecule has 0 atom stereocenters. The summed E-state index contributed by atoms with van der Waals surface area (Å²) in [4.78, 5) is 46.6. The molecule has 0 bridgehead atoms. The van der Waals surface area contributed by atoms with Crippen LogP contribution in [-0.4, -0.2) is 32.6 Å². The molecule has 0 radical (unpaired) electrons. The predicted octanol–water partition coefficient (Wildman–Crippen LogP) is -0.293. The summed E-state index contributed by atoms with van der Waals surface area (Å²) in [6, 6.07) is 4.15. The fourth-order valence-electron chi connectivity index (χ4n) is 2.39.